The molecule has 0 radical (unpaired) electrons. The number of aromatic nitrogens is 1. The van der Waals surface area contributed by atoms with Gasteiger partial charge in [0.1, 0.15) is 5.82 Å². The van der Waals surface area contributed by atoms with Gasteiger partial charge in [0.05, 0.1) is 23.2 Å². The lowest BCUT2D eigenvalue weighted by Crippen LogP contribution is -2.46. The van der Waals surface area contributed by atoms with E-state index in [9.17, 15) is 9.59 Å². The second kappa shape index (κ2) is 8.03. The SMILES string of the molecule is NC(=O)C1CCCN(c2ccc(NC(=O)C3(c4ccc(Cl)cc4)CCC3)cn2)C1. The summed E-state index contributed by atoms with van der Waals surface area (Å²) in [7, 11) is 0. The van der Waals surface area contributed by atoms with Crippen molar-refractivity contribution in [2.45, 2.75) is 37.5 Å². The van der Waals surface area contributed by atoms with Gasteiger partial charge < -0.3 is 16.0 Å². The molecule has 0 bridgehead atoms. The number of nitrogens with two attached hydrogens (primary N) is 1. The fraction of sp³-hybridized carbons (Fsp3) is 0.409. The van der Waals surface area contributed by atoms with E-state index < -0.39 is 5.41 Å². The first-order valence-electron chi connectivity index (χ1n) is 10.1. The monoisotopic (exact) mass is 412 g/mol. The minimum absolute atomic E-state index is 0.00705. The summed E-state index contributed by atoms with van der Waals surface area (Å²) >= 11 is 6.00. The first-order chi connectivity index (χ1) is 14.0. The molecular formula is C22H25ClN4O2. The Hall–Kier alpha value is -2.60. The third kappa shape index (κ3) is 3.94. The number of amides is 2. The number of nitrogens with one attached hydrogen (secondary N) is 1. The van der Waals surface area contributed by atoms with Crippen LogP contribution >= 0.6 is 11.6 Å². The van der Waals surface area contributed by atoms with Crippen LogP contribution in [0.15, 0.2) is 42.6 Å². The van der Waals surface area contributed by atoms with Crippen molar-refractivity contribution in [1.29, 1.82) is 0 Å². The lowest BCUT2D eigenvalue weighted by atomic mass is 9.64. The maximum absolute atomic E-state index is 13.1. The average molecular weight is 413 g/mol. The molecule has 1 aromatic heterocycles. The van der Waals surface area contributed by atoms with Gasteiger partial charge in [-0.3, -0.25) is 9.59 Å². The third-order valence-electron chi connectivity index (χ3n) is 6.19. The Labute approximate surface area is 175 Å². The molecule has 152 valence electrons. The summed E-state index contributed by atoms with van der Waals surface area (Å²) in [6.45, 7) is 1.44. The molecule has 2 aliphatic rings. The summed E-state index contributed by atoms with van der Waals surface area (Å²) in [6, 6.07) is 11.3. The van der Waals surface area contributed by atoms with E-state index >= 15 is 0 Å². The molecule has 1 aromatic carbocycles. The van der Waals surface area contributed by atoms with E-state index in [1.807, 2.05) is 36.4 Å². The van der Waals surface area contributed by atoms with Gasteiger partial charge in [0.2, 0.25) is 11.8 Å². The normalized spacial score (nSPS) is 20.6. The van der Waals surface area contributed by atoms with Gasteiger partial charge >= 0.3 is 0 Å². The van der Waals surface area contributed by atoms with Crippen LogP contribution < -0.4 is 16.0 Å². The molecule has 6 nitrogen and oxygen atoms in total. The largest absolute Gasteiger partial charge is 0.369 e. The molecule has 29 heavy (non-hydrogen) atoms. The zero-order valence-corrected chi connectivity index (χ0v) is 17.0. The molecule has 1 atom stereocenters. The zero-order chi connectivity index (χ0) is 20.4. The second-order valence-corrected chi connectivity index (χ2v) is 8.43. The number of benzene rings is 1. The minimum Gasteiger partial charge on any atom is -0.369 e. The molecule has 4 rings (SSSR count). The van der Waals surface area contributed by atoms with Gasteiger partial charge in [0.25, 0.3) is 0 Å². The van der Waals surface area contributed by atoms with E-state index in [1.165, 1.54) is 0 Å². The molecule has 2 amide bonds. The number of hydrogen-bond donors (Lipinski definition) is 2. The van der Waals surface area contributed by atoms with Crippen LogP contribution in [0.25, 0.3) is 0 Å². The van der Waals surface area contributed by atoms with Gasteiger partial charge in [-0.2, -0.15) is 0 Å². The topological polar surface area (TPSA) is 88.3 Å². The summed E-state index contributed by atoms with van der Waals surface area (Å²) in [4.78, 5) is 31.1. The minimum atomic E-state index is -0.495. The van der Waals surface area contributed by atoms with Crippen LogP contribution in [0.4, 0.5) is 11.5 Å². The number of hydrogen-bond acceptors (Lipinski definition) is 4. The molecule has 1 aliphatic carbocycles. The van der Waals surface area contributed by atoms with Crippen LogP contribution in [-0.4, -0.2) is 29.9 Å². The second-order valence-electron chi connectivity index (χ2n) is 7.99. The first-order valence-corrected chi connectivity index (χ1v) is 10.4. The van der Waals surface area contributed by atoms with E-state index in [4.69, 9.17) is 17.3 Å². The van der Waals surface area contributed by atoms with Crippen LogP contribution in [0.3, 0.4) is 0 Å². The predicted molar refractivity (Wildman–Crippen MR) is 114 cm³/mol. The van der Waals surface area contributed by atoms with E-state index in [-0.39, 0.29) is 17.7 Å². The lowest BCUT2D eigenvalue weighted by molar-refractivity contribution is -0.124. The number of rotatable bonds is 5. The maximum atomic E-state index is 13.1. The first kappa shape index (κ1) is 19.7. The van der Waals surface area contributed by atoms with E-state index in [0.717, 1.165) is 50.0 Å². The molecule has 2 heterocycles. The van der Waals surface area contributed by atoms with E-state index in [1.54, 1.807) is 6.20 Å². The molecule has 2 aromatic rings. The zero-order valence-electron chi connectivity index (χ0n) is 16.2. The predicted octanol–water partition coefficient (Wildman–Crippen LogP) is 3.50. The lowest BCUT2D eigenvalue weighted by Gasteiger charge is -2.40. The molecule has 1 unspecified atom stereocenters. The average Bonchev–Trinajstić information content (AvgIpc) is 2.69. The van der Waals surface area contributed by atoms with E-state index in [0.29, 0.717) is 17.3 Å². The summed E-state index contributed by atoms with van der Waals surface area (Å²) in [5.74, 6) is 0.395. The van der Waals surface area contributed by atoms with Gasteiger partial charge in [-0.15, -0.1) is 0 Å². The quantitative estimate of drug-likeness (QED) is 0.786. The number of anilines is 2. The molecular weight excluding hydrogens is 388 g/mol. The number of carbonyl (C=O) groups excluding carboxylic acids is 2. The summed E-state index contributed by atoms with van der Waals surface area (Å²) in [5, 5.41) is 3.69. The van der Waals surface area contributed by atoms with Crippen molar-refractivity contribution in [3.63, 3.8) is 0 Å². The third-order valence-corrected chi connectivity index (χ3v) is 6.44. The Balaban J connectivity index is 1.45. The maximum Gasteiger partial charge on any atom is 0.235 e. The highest BCUT2D eigenvalue weighted by Gasteiger charge is 2.45. The number of primary amides is 1. The van der Waals surface area contributed by atoms with Crippen LogP contribution in [0.5, 0.6) is 0 Å². The number of piperidine rings is 1. The van der Waals surface area contributed by atoms with Crippen LogP contribution in [0.1, 0.15) is 37.7 Å². The van der Waals surface area contributed by atoms with Gasteiger partial charge in [-0.25, -0.2) is 4.98 Å². The molecule has 1 saturated carbocycles. The van der Waals surface area contributed by atoms with Gasteiger partial charge in [0.15, 0.2) is 0 Å². The van der Waals surface area contributed by atoms with Gasteiger partial charge in [-0.1, -0.05) is 30.2 Å². The number of pyridine rings is 1. The molecule has 2 fully saturated rings. The van der Waals surface area contributed by atoms with Crippen molar-refractivity contribution in [3.8, 4) is 0 Å². The highest BCUT2D eigenvalue weighted by Crippen LogP contribution is 2.44. The van der Waals surface area contributed by atoms with Crippen LogP contribution in [0, 0.1) is 5.92 Å². The highest BCUT2D eigenvalue weighted by atomic mass is 35.5. The van der Waals surface area contributed by atoms with Crippen molar-refractivity contribution in [3.05, 3.63) is 53.2 Å². The van der Waals surface area contributed by atoms with Crippen molar-refractivity contribution in [1.82, 2.24) is 4.98 Å². The van der Waals surface area contributed by atoms with Crippen molar-refractivity contribution in [2.24, 2.45) is 11.7 Å². The molecule has 0 spiro atoms. The number of carbonyl (C=O) groups is 2. The molecule has 1 saturated heterocycles. The number of nitrogens with zero attached hydrogens (tertiary/aromatic N) is 2. The van der Waals surface area contributed by atoms with Crippen molar-refractivity contribution in [2.75, 3.05) is 23.3 Å². The van der Waals surface area contributed by atoms with Gasteiger partial charge in [-0.05, 0) is 55.5 Å². The Kier molecular flexibility index (Phi) is 5.46. The van der Waals surface area contributed by atoms with Crippen molar-refractivity contribution < 1.29 is 9.59 Å². The van der Waals surface area contributed by atoms with Crippen LogP contribution in [-0.2, 0) is 15.0 Å². The molecule has 1 aliphatic heterocycles. The fourth-order valence-electron chi connectivity index (χ4n) is 4.26. The summed E-state index contributed by atoms with van der Waals surface area (Å²) < 4.78 is 0. The Morgan fingerprint density at radius 3 is 2.48 bits per heavy atom. The summed E-state index contributed by atoms with van der Waals surface area (Å²) in [5.41, 5.74) is 6.64. The number of halogens is 1. The fourth-order valence-corrected chi connectivity index (χ4v) is 4.39. The standard InChI is InChI=1S/C22H25ClN4O2/c23-17-6-4-16(5-7-17)22(10-2-11-22)21(29)26-18-8-9-19(25-13-18)27-12-1-3-15(14-27)20(24)28/h4-9,13,15H,1-3,10-12,14H2,(H2,24,28)(H,26,29). The smallest absolute Gasteiger partial charge is 0.235 e. The Bertz CT molecular complexity index is 894. The summed E-state index contributed by atoms with van der Waals surface area (Å²) in [6.07, 6.45) is 6.10. The van der Waals surface area contributed by atoms with Gasteiger partial charge in [0, 0.05) is 18.1 Å². The highest BCUT2D eigenvalue weighted by molar-refractivity contribution is 6.30. The Morgan fingerprint density at radius 2 is 1.90 bits per heavy atom. The molecule has 3 N–H and O–H groups in total. The van der Waals surface area contributed by atoms with Crippen molar-refractivity contribution >= 4 is 34.9 Å². The Morgan fingerprint density at radius 1 is 1.14 bits per heavy atom. The van der Waals surface area contributed by atoms with Crippen LogP contribution in [0.2, 0.25) is 5.02 Å². The molecule has 7 heteroatoms. The van der Waals surface area contributed by atoms with E-state index in [2.05, 4.69) is 15.2 Å².